The molecule has 12 heteroatoms. The molecule has 3 aromatic carbocycles. The molecule has 0 saturated carbocycles. The van der Waals surface area contributed by atoms with Gasteiger partial charge < -0.3 is 10.1 Å². The monoisotopic (exact) mass is 551 g/mol. The molecule has 4 aromatic rings. The SMILES string of the molecule is O=C(Nc1nccs1)NC(Cc1ccccc1)(c1ccc(F)cc1)c1cc(F)cc(OC(F)(F)C(F)F)c1. The van der Waals surface area contributed by atoms with Gasteiger partial charge in [-0.05, 0) is 41.0 Å². The maximum absolute atomic E-state index is 14.8. The van der Waals surface area contributed by atoms with E-state index in [4.69, 9.17) is 0 Å². The van der Waals surface area contributed by atoms with Crippen LogP contribution in [-0.4, -0.2) is 23.5 Å². The Morgan fingerprint density at radius 2 is 1.66 bits per heavy atom. The lowest BCUT2D eigenvalue weighted by Crippen LogP contribution is -2.50. The number of halogens is 6. The van der Waals surface area contributed by atoms with E-state index >= 15 is 0 Å². The third kappa shape index (κ3) is 6.25. The first-order chi connectivity index (χ1) is 18.1. The van der Waals surface area contributed by atoms with E-state index in [9.17, 15) is 31.1 Å². The molecule has 1 heterocycles. The van der Waals surface area contributed by atoms with Gasteiger partial charge in [0.2, 0.25) is 0 Å². The molecule has 0 spiro atoms. The molecule has 0 bridgehead atoms. The van der Waals surface area contributed by atoms with Crippen molar-refractivity contribution >= 4 is 22.5 Å². The minimum Gasteiger partial charge on any atom is -0.428 e. The highest BCUT2D eigenvalue weighted by Crippen LogP contribution is 2.38. The molecule has 2 N–H and O–H groups in total. The minimum absolute atomic E-state index is 0.0705. The molecule has 2 amide bonds. The Balaban J connectivity index is 1.89. The van der Waals surface area contributed by atoms with Gasteiger partial charge in [0.25, 0.3) is 0 Å². The van der Waals surface area contributed by atoms with Gasteiger partial charge in [0.05, 0.1) is 5.54 Å². The van der Waals surface area contributed by atoms with Crippen LogP contribution in [0.4, 0.5) is 36.3 Å². The molecule has 0 radical (unpaired) electrons. The average molecular weight is 552 g/mol. The number of carbonyl (C=O) groups excluding carboxylic acids is 1. The number of nitrogens with one attached hydrogen (secondary N) is 2. The molecule has 0 aliphatic carbocycles. The number of ether oxygens (including phenoxy) is 1. The number of carbonyl (C=O) groups is 1. The summed E-state index contributed by atoms with van der Waals surface area (Å²) < 4.78 is 85.8. The van der Waals surface area contributed by atoms with Crippen LogP contribution in [0.5, 0.6) is 5.75 Å². The van der Waals surface area contributed by atoms with Crippen LogP contribution < -0.4 is 15.4 Å². The lowest BCUT2D eigenvalue weighted by Gasteiger charge is -2.36. The Morgan fingerprint density at radius 3 is 2.29 bits per heavy atom. The van der Waals surface area contributed by atoms with Crippen molar-refractivity contribution in [2.75, 3.05) is 5.32 Å². The summed E-state index contributed by atoms with van der Waals surface area (Å²) in [7, 11) is 0. The Labute approximate surface area is 217 Å². The number of benzene rings is 3. The van der Waals surface area contributed by atoms with E-state index in [1.54, 1.807) is 35.7 Å². The van der Waals surface area contributed by atoms with Crippen LogP contribution in [0.2, 0.25) is 0 Å². The van der Waals surface area contributed by atoms with E-state index in [-0.39, 0.29) is 22.7 Å². The molecule has 0 fully saturated rings. The largest absolute Gasteiger partial charge is 0.461 e. The molecule has 0 saturated heterocycles. The number of nitrogens with zero attached hydrogens (tertiary/aromatic N) is 1. The predicted molar refractivity (Wildman–Crippen MR) is 130 cm³/mol. The summed E-state index contributed by atoms with van der Waals surface area (Å²) in [5.74, 6) is -2.59. The van der Waals surface area contributed by atoms with Gasteiger partial charge in [-0.1, -0.05) is 42.5 Å². The number of amides is 2. The van der Waals surface area contributed by atoms with E-state index in [2.05, 4.69) is 20.4 Å². The highest BCUT2D eigenvalue weighted by Gasteiger charge is 2.45. The number of urea groups is 1. The maximum atomic E-state index is 14.8. The van der Waals surface area contributed by atoms with Crippen molar-refractivity contribution in [3.8, 4) is 5.75 Å². The number of anilines is 1. The van der Waals surface area contributed by atoms with E-state index in [0.29, 0.717) is 11.6 Å². The number of aromatic nitrogens is 1. The molecule has 0 aliphatic rings. The standard InChI is InChI=1S/C26H19F6N3O2S/c27-19-8-6-17(7-9-19)25(15-16-4-2-1-3-5-16,35-23(36)34-24-33-10-11-38-24)18-12-20(28)14-21(13-18)37-26(31,32)22(29)30/h1-14,22H,15H2,(H2,33,34,35,36). The lowest BCUT2D eigenvalue weighted by molar-refractivity contribution is -0.253. The summed E-state index contributed by atoms with van der Waals surface area (Å²) in [5, 5.41) is 7.13. The fourth-order valence-electron chi connectivity index (χ4n) is 3.87. The third-order valence-electron chi connectivity index (χ3n) is 5.50. The first-order valence-electron chi connectivity index (χ1n) is 11.0. The first kappa shape index (κ1) is 27.0. The summed E-state index contributed by atoms with van der Waals surface area (Å²) in [6.07, 6.45) is -7.70. The van der Waals surface area contributed by atoms with Crippen molar-refractivity contribution in [3.05, 3.63) is 113 Å². The molecule has 198 valence electrons. The average Bonchev–Trinajstić information content (AvgIpc) is 3.37. The van der Waals surface area contributed by atoms with Gasteiger partial charge in [-0.25, -0.2) is 18.6 Å². The first-order valence-corrected chi connectivity index (χ1v) is 11.9. The summed E-state index contributed by atoms with van der Waals surface area (Å²) in [4.78, 5) is 17.1. The van der Waals surface area contributed by atoms with Gasteiger partial charge in [0.15, 0.2) is 5.13 Å². The van der Waals surface area contributed by atoms with Gasteiger partial charge in [0.1, 0.15) is 17.4 Å². The molecule has 1 unspecified atom stereocenters. The Hall–Kier alpha value is -4.06. The van der Waals surface area contributed by atoms with Gasteiger partial charge in [-0.15, -0.1) is 11.3 Å². The molecule has 4 rings (SSSR count). The zero-order chi connectivity index (χ0) is 27.3. The molecule has 38 heavy (non-hydrogen) atoms. The summed E-state index contributed by atoms with van der Waals surface area (Å²) in [6.45, 7) is 0. The number of thiazole rings is 1. The maximum Gasteiger partial charge on any atom is 0.461 e. The van der Waals surface area contributed by atoms with Crippen LogP contribution >= 0.6 is 11.3 Å². The summed E-state index contributed by atoms with van der Waals surface area (Å²) in [6, 6.07) is 15.1. The third-order valence-corrected chi connectivity index (χ3v) is 6.19. The number of hydrogen-bond acceptors (Lipinski definition) is 4. The van der Waals surface area contributed by atoms with Crippen LogP contribution in [0.3, 0.4) is 0 Å². The van der Waals surface area contributed by atoms with Crippen molar-refractivity contribution in [1.82, 2.24) is 10.3 Å². The van der Waals surface area contributed by atoms with Gasteiger partial charge >= 0.3 is 18.6 Å². The van der Waals surface area contributed by atoms with Gasteiger partial charge in [0, 0.05) is 24.1 Å². The summed E-state index contributed by atoms with van der Waals surface area (Å²) in [5.41, 5.74) is -0.968. The van der Waals surface area contributed by atoms with E-state index in [1.807, 2.05) is 0 Å². The molecule has 5 nitrogen and oxygen atoms in total. The molecular weight excluding hydrogens is 532 g/mol. The second-order valence-corrected chi connectivity index (χ2v) is 9.03. The van der Waals surface area contributed by atoms with Crippen molar-refractivity contribution < 1.29 is 35.9 Å². The van der Waals surface area contributed by atoms with E-state index < -0.39 is 41.5 Å². The smallest absolute Gasteiger partial charge is 0.428 e. The Morgan fingerprint density at radius 1 is 0.947 bits per heavy atom. The van der Waals surface area contributed by atoms with Crippen LogP contribution in [0, 0.1) is 11.6 Å². The quantitative estimate of drug-likeness (QED) is 0.221. The Bertz CT molecular complexity index is 1370. The number of rotatable bonds is 9. The van der Waals surface area contributed by atoms with Crippen LogP contribution in [-0.2, 0) is 12.0 Å². The predicted octanol–water partition coefficient (Wildman–Crippen LogP) is 6.97. The molecule has 1 atom stereocenters. The van der Waals surface area contributed by atoms with Crippen molar-refractivity contribution in [3.63, 3.8) is 0 Å². The van der Waals surface area contributed by atoms with Crippen LogP contribution in [0.15, 0.2) is 84.4 Å². The second-order valence-electron chi connectivity index (χ2n) is 8.13. The van der Waals surface area contributed by atoms with Crippen molar-refractivity contribution in [2.45, 2.75) is 24.5 Å². The molecule has 1 aromatic heterocycles. The zero-order valence-electron chi connectivity index (χ0n) is 19.3. The van der Waals surface area contributed by atoms with E-state index in [0.717, 1.165) is 35.6 Å². The van der Waals surface area contributed by atoms with Crippen molar-refractivity contribution in [2.24, 2.45) is 0 Å². The normalized spacial score (nSPS) is 13.1. The van der Waals surface area contributed by atoms with Crippen LogP contribution in [0.1, 0.15) is 16.7 Å². The van der Waals surface area contributed by atoms with Gasteiger partial charge in [-0.3, -0.25) is 5.32 Å². The van der Waals surface area contributed by atoms with E-state index in [1.165, 1.54) is 18.3 Å². The zero-order valence-corrected chi connectivity index (χ0v) is 20.1. The highest BCUT2D eigenvalue weighted by atomic mass is 32.1. The minimum atomic E-state index is -4.90. The van der Waals surface area contributed by atoms with Gasteiger partial charge in [-0.2, -0.15) is 17.6 Å². The topological polar surface area (TPSA) is 63.2 Å². The fourth-order valence-corrected chi connectivity index (χ4v) is 4.40. The molecule has 0 aliphatic heterocycles. The lowest BCUT2D eigenvalue weighted by atomic mass is 9.77. The van der Waals surface area contributed by atoms with Crippen LogP contribution in [0.25, 0.3) is 0 Å². The second kappa shape index (κ2) is 11.1. The highest BCUT2D eigenvalue weighted by molar-refractivity contribution is 7.13. The fraction of sp³-hybridized carbons (Fsp3) is 0.154. The summed E-state index contributed by atoms with van der Waals surface area (Å²) >= 11 is 1.12. The number of alkyl halides is 4. The molecular formula is C26H19F6N3O2S. The Kier molecular flexibility index (Phi) is 7.91. The van der Waals surface area contributed by atoms with Crippen molar-refractivity contribution in [1.29, 1.82) is 0 Å². The number of hydrogen-bond donors (Lipinski definition) is 2.